The highest BCUT2D eigenvalue weighted by Crippen LogP contribution is 2.16. The molecule has 0 bridgehead atoms. The van der Waals surface area contributed by atoms with E-state index in [1.165, 1.54) is 7.11 Å². The van der Waals surface area contributed by atoms with Gasteiger partial charge in [0.05, 0.1) is 6.61 Å². The van der Waals surface area contributed by atoms with Crippen molar-refractivity contribution in [2.45, 2.75) is 17.4 Å². The summed E-state index contributed by atoms with van der Waals surface area (Å²) in [7, 11) is -2.85. The van der Waals surface area contributed by atoms with Gasteiger partial charge in [0.15, 0.2) is 0 Å². The molecule has 0 fully saturated rings. The van der Waals surface area contributed by atoms with Crippen LogP contribution < -0.4 is 4.72 Å². The molecule has 0 heterocycles. The summed E-state index contributed by atoms with van der Waals surface area (Å²) in [6.45, 7) is -0.251. The van der Waals surface area contributed by atoms with Crippen LogP contribution in [0.5, 0.6) is 0 Å². The van der Waals surface area contributed by atoms with Crippen molar-refractivity contribution in [3.05, 3.63) is 29.8 Å². The zero-order valence-electron chi connectivity index (χ0n) is 10.3. The van der Waals surface area contributed by atoms with Crippen LogP contribution in [0.3, 0.4) is 0 Å². The first-order valence-corrected chi connectivity index (χ1v) is 6.96. The molecule has 19 heavy (non-hydrogen) atoms. The molecule has 0 saturated heterocycles. The molecule has 1 unspecified atom stereocenters. The molecule has 5 nitrogen and oxygen atoms in total. The van der Waals surface area contributed by atoms with E-state index < -0.39 is 32.6 Å². The number of sulfonamides is 1. The van der Waals surface area contributed by atoms with Crippen LogP contribution in [0, 0.1) is 11.6 Å². The summed E-state index contributed by atoms with van der Waals surface area (Å²) in [5.41, 5.74) is 0. The summed E-state index contributed by atoms with van der Waals surface area (Å²) in [6.07, 6.45) is 0.101. The minimum atomic E-state index is -4.21. The van der Waals surface area contributed by atoms with Gasteiger partial charge in [0, 0.05) is 19.8 Å². The number of hydrogen-bond acceptors (Lipinski definition) is 4. The van der Waals surface area contributed by atoms with Gasteiger partial charge in [0.25, 0.3) is 0 Å². The van der Waals surface area contributed by atoms with E-state index in [1.54, 1.807) is 0 Å². The summed E-state index contributed by atoms with van der Waals surface area (Å²) in [5.74, 6) is -1.90. The fourth-order valence-electron chi connectivity index (χ4n) is 1.50. The lowest BCUT2D eigenvalue weighted by Crippen LogP contribution is -2.39. The largest absolute Gasteiger partial charge is 0.396 e. The zero-order valence-corrected chi connectivity index (χ0v) is 11.1. The molecule has 0 spiro atoms. The number of aliphatic hydroxyl groups excluding tert-OH is 1. The Morgan fingerprint density at radius 3 is 2.68 bits per heavy atom. The first kappa shape index (κ1) is 16.0. The highest BCUT2D eigenvalue weighted by atomic mass is 32.2. The highest BCUT2D eigenvalue weighted by molar-refractivity contribution is 7.89. The van der Waals surface area contributed by atoms with Crippen molar-refractivity contribution in [2.24, 2.45) is 0 Å². The van der Waals surface area contributed by atoms with Crippen molar-refractivity contribution in [1.29, 1.82) is 0 Å². The van der Waals surface area contributed by atoms with Crippen LogP contribution >= 0.6 is 0 Å². The molecule has 1 rings (SSSR count). The standard InChI is InChI=1S/C11H15F2NO4S/c1-18-7-9(4-5-15)14-19(16,17)11-6-8(12)2-3-10(11)13/h2-3,6,9,14-15H,4-5,7H2,1H3. The van der Waals surface area contributed by atoms with E-state index in [1.807, 2.05) is 0 Å². The van der Waals surface area contributed by atoms with Gasteiger partial charge in [-0.25, -0.2) is 21.9 Å². The third-order valence-corrected chi connectivity index (χ3v) is 3.89. The van der Waals surface area contributed by atoms with Crippen molar-refractivity contribution >= 4 is 10.0 Å². The van der Waals surface area contributed by atoms with Crippen LogP contribution in [0.15, 0.2) is 23.1 Å². The molecule has 0 aliphatic heterocycles. The highest BCUT2D eigenvalue weighted by Gasteiger charge is 2.23. The monoisotopic (exact) mass is 295 g/mol. The Balaban J connectivity index is 2.99. The van der Waals surface area contributed by atoms with E-state index in [9.17, 15) is 17.2 Å². The van der Waals surface area contributed by atoms with Crippen molar-refractivity contribution in [3.63, 3.8) is 0 Å². The molecule has 0 aliphatic carbocycles. The molecular weight excluding hydrogens is 280 g/mol. The van der Waals surface area contributed by atoms with Gasteiger partial charge in [0.1, 0.15) is 16.5 Å². The minimum Gasteiger partial charge on any atom is -0.396 e. The van der Waals surface area contributed by atoms with Gasteiger partial charge in [-0.1, -0.05) is 0 Å². The third kappa shape index (κ3) is 4.50. The van der Waals surface area contributed by atoms with Crippen LogP contribution in [-0.4, -0.2) is 39.9 Å². The fraction of sp³-hybridized carbons (Fsp3) is 0.455. The van der Waals surface area contributed by atoms with E-state index in [0.717, 1.165) is 12.1 Å². The number of halogens is 2. The normalized spacial score (nSPS) is 13.5. The van der Waals surface area contributed by atoms with Crippen LogP contribution in [-0.2, 0) is 14.8 Å². The van der Waals surface area contributed by atoms with Crippen LogP contribution in [0.4, 0.5) is 8.78 Å². The number of nitrogens with one attached hydrogen (secondary N) is 1. The molecule has 108 valence electrons. The topological polar surface area (TPSA) is 75.6 Å². The number of methoxy groups -OCH3 is 1. The average molecular weight is 295 g/mol. The Labute approximate surface area is 110 Å². The second kappa shape index (κ2) is 6.90. The molecule has 2 N–H and O–H groups in total. The van der Waals surface area contributed by atoms with Crippen molar-refractivity contribution in [3.8, 4) is 0 Å². The first-order valence-electron chi connectivity index (χ1n) is 5.48. The Kier molecular flexibility index (Phi) is 5.80. The van der Waals surface area contributed by atoms with Crippen molar-refractivity contribution in [2.75, 3.05) is 20.3 Å². The van der Waals surface area contributed by atoms with Gasteiger partial charge in [-0.15, -0.1) is 0 Å². The summed E-state index contributed by atoms with van der Waals surface area (Å²) in [6, 6.07) is 1.44. The molecule has 0 amide bonds. The maximum absolute atomic E-state index is 13.4. The lowest BCUT2D eigenvalue weighted by molar-refractivity contribution is 0.158. The smallest absolute Gasteiger partial charge is 0.243 e. The number of aliphatic hydroxyl groups is 1. The predicted octanol–water partition coefficient (Wildman–Crippen LogP) is 0.640. The van der Waals surface area contributed by atoms with Gasteiger partial charge < -0.3 is 9.84 Å². The van der Waals surface area contributed by atoms with E-state index in [2.05, 4.69) is 4.72 Å². The van der Waals surface area contributed by atoms with Crippen LogP contribution in [0.1, 0.15) is 6.42 Å². The first-order chi connectivity index (χ1) is 8.90. The maximum atomic E-state index is 13.4. The lowest BCUT2D eigenvalue weighted by atomic mass is 10.2. The van der Waals surface area contributed by atoms with Crippen LogP contribution in [0.2, 0.25) is 0 Å². The zero-order chi connectivity index (χ0) is 14.5. The second-order valence-corrected chi connectivity index (χ2v) is 5.54. The van der Waals surface area contributed by atoms with Crippen molar-refractivity contribution in [1.82, 2.24) is 4.72 Å². The molecule has 1 atom stereocenters. The predicted molar refractivity (Wildman–Crippen MR) is 64.0 cm³/mol. The van der Waals surface area contributed by atoms with E-state index in [-0.39, 0.29) is 19.6 Å². The molecule has 8 heteroatoms. The molecule has 1 aromatic carbocycles. The Bertz CT molecular complexity index is 515. The Morgan fingerprint density at radius 1 is 1.42 bits per heavy atom. The quantitative estimate of drug-likeness (QED) is 0.774. The Hall–Kier alpha value is -1.09. The van der Waals surface area contributed by atoms with Crippen LogP contribution in [0.25, 0.3) is 0 Å². The number of benzene rings is 1. The van der Waals surface area contributed by atoms with E-state index in [4.69, 9.17) is 9.84 Å². The average Bonchev–Trinajstić information content (AvgIpc) is 2.32. The van der Waals surface area contributed by atoms with Crippen molar-refractivity contribution < 1.29 is 27.0 Å². The number of hydrogen-bond donors (Lipinski definition) is 2. The lowest BCUT2D eigenvalue weighted by Gasteiger charge is -2.17. The number of rotatable bonds is 7. The Morgan fingerprint density at radius 2 is 2.11 bits per heavy atom. The molecule has 0 aromatic heterocycles. The summed E-state index contributed by atoms with van der Waals surface area (Å²) < 4.78 is 57.2. The van der Waals surface area contributed by atoms with Gasteiger partial charge in [0.2, 0.25) is 10.0 Å². The fourth-order valence-corrected chi connectivity index (χ4v) is 2.84. The second-order valence-electron chi connectivity index (χ2n) is 3.86. The van der Waals surface area contributed by atoms with E-state index >= 15 is 0 Å². The third-order valence-electron chi connectivity index (χ3n) is 2.35. The minimum absolute atomic E-state index is 0.0106. The SMILES string of the molecule is COCC(CCO)NS(=O)(=O)c1cc(F)ccc1F. The summed E-state index contributed by atoms with van der Waals surface area (Å²) in [4.78, 5) is -0.772. The molecule has 0 radical (unpaired) electrons. The summed E-state index contributed by atoms with van der Waals surface area (Å²) in [5, 5.41) is 8.80. The van der Waals surface area contributed by atoms with Gasteiger partial charge >= 0.3 is 0 Å². The molecule has 0 aliphatic rings. The maximum Gasteiger partial charge on any atom is 0.243 e. The number of ether oxygens (including phenoxy) is 1. The molecule has 0 saturated carbocycles. The molecule has 1 aromatic rings. The molecular formula is C11H15F2NO4S. The summed E-state index contributed by atoms with van der Waals surface area (Å²) >= 11 is 0. The van der Waals surface area contributed by atoms with Gasteiger partial charge in [-0.05, 0) is 24.6 Å². The van der Waals surface area contributed by atoms with Gasteiger partial charge in [-0.3, -0.25) is 0 Å². The van der Waals surface area contributed by atoms with E-state index in [0.29, 0.717) is 6.07 Å². The van der Waals surface area contributed by atoms with Gasteiger partial charge in [-0.2, -0.15) is 0 Å².